The Labute approximate surface area is 166 Å². The Morgan fingerprint density at radius 1 is 1.32 bits per heavy atom. The number of carboxylic acid groups (broad SMARTS) is 1. The van der Waals surface area contributed by atoms with Crippen LogP contribution in [0.4, 0.5) is 0 Å². The Morgan fingerprint density at radius 2 is 2.18 bits per heavy atom. The molecule has 0 amide bonds. The SMILES string of the molecule is COc1cccc2c(C)cc(SCc3cc(C(=O)O)cc4c3OCOC4)nc12. The molecule has 1 aliphatic rings. The second kappa shape index (κ2) is 7.69. The number of carboxylic acids is 1. The minimum absolute atomic E-state index is 0.168. The highest BCUT2D eigenvalue weighted by Gasteiger charge is 2.19. The van der Waals surface area contributed by atoms with Crippen molar-refractivity contribution in [3.8, 4) is 11.5 Å². The molecule has 6 nitrogen and oxygen atoms in total. The maximum atomic E-state index is 11.5. The molecule has 0 saturated carbocycles. The van der Waals surface area contributed by atoms with Crippen LogP contribution in [0.5, 0.6) is 11.5 Å². The number of benzene rings is 2. The molecular formula is C21H19NO5S. The van der Waals surface area contributed by atoms with Crippen molar-refractivity contribution in [3.05, 3.63) is 58.7 Å². The van der Waals surface area contributed by atoms with Gasteiger partial charge in [0.1, 0.15) is 17.0 Å². The summed E-state index contributed by atoms with van der Waals surface area (Å²) in [6, 6.07) is 11.2. The smallest absolute Gasteiger partial charge is 0.335 e. The van der Waals surface area contributed by atoms with Crippen LogP contribution in [-0.4, -0.2) is 30.0 Å². The van der Waals surface area contributed by atoms with Gasteiger partial charge in [-0.15, -0.1) is 11.8 Å². The molecule has 1 aromatic heterocycles. The first-order valence-electron chi connectivity index (χ1n) is 8.73. The van der Waals surface area contributed by atoms with Crippen molar-refractivity contribution in [3.63, 3.8) is 0 Å². The number of nitrogens with zero attached hydrogens (tertiary/aromatic N) is 1. The highest BCUT2D eigenvalue weighted by molar-refractivity contribution is 7.98. The molecule has 0 radical (unpaired) electrons. The van der Waals surface area contributed by atoms with Crippen LogP contribution in [0, 0.1) is 6.92 Å². The fraction of sp³-hybridized carbons (Fsp3) is 0.238. The quantitative estimate of drug-likeness (QED) is 0.639. The van der Waals surface area contributed by atoms with Crippen LogP contribution in [0.25, 0.3) is 10.9 Å². The number of hydrogen-bond donors (Lipinski definition) is 1. The lowest BCUT2D eigenvalue weighted by Gasteiger charge is -2.21. The summed E-state index contributed by atoms with van der Waals surface area (Å²) in [5.74, 6) is 1.01. The van der Waals surface area contributed by atoms with Crippen LogP contribution < -0.4 is 9.47 Å². The van der Waals surface area contributed by atoms with Gasteiger partial charge in [-0.25, -0.2) is 9.78 Å². The van der Waals surface area contributed by atoms with Crippen molar-refractivity contribution < 1.29 is 24.1 Å². The van der Waals surface area contributed by atoms with Gasteiger partial charge in [-0.3, -0.25) is 0 Å². The molecule has 28 heavy (non-hydrogen) atoms. The van der Waals surface area contributed by atoms with Crippen LogP contribution in [0.1, 0.15) is 27.0 Å². The van der Waals surface area contributed by atoms with Crippen LogP contribution in [0.3, 0.4) is 0 Å². The van der Waals surface area contributed by atoms with Crippen LogP contribution in [0.15, 0.2) is 41.4 Å². The van der Waals surface area contributed by atoms with Gasteiger partial charge >= 0.3 is 5.97 Å². The standard InChI is InChI=1S/C21H19NO5S/c1-12-6-18(22-19-16(12)4-3-5-17(19)25-2)28-10-15-8-13(21(23)24)7-14-9-26-11-27-20(14)15/h3-8H,9-11H2,1-2H3,(H,23,24). The number of pyridine rings is 1. The van der Waals surface area contributed by atoms with Gasteiger partial charge in [0.05, 0.1) is 24.3 Å². The van der Waals surface area contributed by atoms with Gasteiger partial charge in [0.25, 0.3) is 0 Å². The zero-order chi connectivity index (χ0) is 19.7. The second-order valence-corrected chi connectivity index (χ2v) is 7.46. The predicted molar refractivity (Wildman–Crippen MR) is 106 cm³/mol. The van der Waals surface area contributed by atoms with E-state index in [4.69, 9.17) is 19.2 Å². The Morgan fingerprint density at radius 3 is 2.96 bits per heavy atom. The van der Waals surface area contributed by atoms with Crippen LogP contribution >= 0.6 is 11.8 Å². The van der Waals surface area contributed by atoms with Crippen LogP contribution in [0.2, 0.25) is 0 Å². The zero-order valence-electron chi connectivity index (χ0n) is 15.5. The maximum Gasteiger partial charge on any atom is 0.335 e. The summed E-state index contributed by atoms with van der Waals surface area (Å²) in [6.07, 6.45) is 0. The number of aromatic nitrogens is 1. The average molecular weight is 397 g/mol. The number of aromatic carboxylic acids is 1. The maximum absolute atomic E-state index is 11.5. The van der Waals surface area contributed by atoms with E-state index in [1.807, 2.05) is 31.2 Å². The molecule has 0 unspecified atom stereocenters. The summed E-state index contributed by atoms with van der Waals surface area (Å²) in [6.45, 7) is 2.56. The lowest BCUT2D eigenvalue weighted by Crippen LogP contribution is -2.14. The molecule has 7 heteroatoms. The normalized spacial score (nSPS) is 13.1. The highest BCUT2D eigenvalue weighted by Crippen LogP contribution is 2.35. The van der Waals surface area contributed by atoms with Gasteiger partial charge in [0.2, 0.25) is 0 Å². The van der Waals surface area contributed by atoms with Gasteiger partial charge < -0.3 is 19.3 Å². The first-order chi connectivity index (χ1) is 13.6. The molecule has 0 saturated heterocycles. The second-order valence-electron chi connectivity index (χ2n) is 6.46. The third-order valence-electron chi connectivity index (χ3n) is 4.62. The molecule has 0 bridgehead atoms. The summed E-state index contributed by atoms with van der Waals surface area (Å²) in [5.41, 5.74) is 3.73. The van der Waals surface area contributed by atoms with Gasteiger partial charge in [-0.05, 0) is 36.8 Å². The molecule has 0 spiro atoms. The molecule has 2 heterocycles. The topological polar surface area (TPSA) is 77.9 Å². The zero-order valence-corrected chi connectivity index (χ0v) is 16.3. The van der Waals surface area contributed by atoms with E-state index in [-0.39, 0.29) is 12.4 Å². The number of fused-ring (bicyclic) bond motifs is 2. The molecule has 0 fully saturated rings. The molecule has 1 aliphatic heterocycles. The Bertz CT molecular complexity index is 1070. The fourth-order valence-corrected chi connectivity index (χ4v) is 4.22. The Kier molecular flexibility index (Phi) is 5.11. The lowest BCUT2D eigenvalue weighted by atomic mass is 10.0. The fourth-order valence-electron chi connectivity index (χ4n) is 3.28. The van der Waals surface area contributed by atoms with E-state index in [1.54, 1.807) is 19.2 Å². The summed E-state index contributed by atoms with van der Waals surface area (Å²) in [5, 5.41) is 11.3. The number of thioether (sulfide) groups is 1. The molecule has 1 N–H and O–H groups in total. The average Bonchev–Trinajstić information content (AvgIpc) is 2.71. The minimum atomic E-state index is -0.968. The highest BCUT2D eigenvalue weighted by atomic mass is 32.2. The molecule has 3 aromatic rings. The Hall–Kier alpha value is -2.77. The van der Waals surface area contributed by atoms with Crippen molar-refractivity contribution in [2.45, 2.75) is 24.3 Å². The molecule has 2 aromatic carbocycles. The third kappa shape index (κ3) is 3.50. The molecule has 0 atom stereocenters. The van der Waals surface area contributed by atoms with Gasteiger partial charge in [0.15, 0.2) is 6.79 Å². The molecule has 144 valence electrons. The number of ether oxygens (including phenoxy) is 3. The molecule has 0 aliphatic carbocycles. The number of carbonyl (C=O) groups is 1. The van der Waals surface area contributed by atoms with Crippen LogP contribution in [-0.2, 0) is 17.1 Å². The first kappa shape index (κ1) is 18.6. The van der Waals surface area contributed by atoms with E-state index >= 15 is 0 Å². The first-order valence-corrected chi connectivity index (χ1v) is 9.72. The summed E-state index contributed by atoms with van der Waals surface area (Å²) < 4.78 is 16.4. The number of para-hydroxylation sites is 1. The largest absolute Gasteiger partial charge is 0.494 e. The summed E-state index contributed by atoms with van der Waals surface area (Å²) in [4.78, 5) is 16.2. The van der Waals surface area contributed by atoms with Gasteiger partial charge in [-0.1, -0.05) is 12.1 Å². The van der Waals surface area contributed by atoms with E-state index < -0.39 is 5.97 Å². The molecular weight excluding hydrogens is 378 g/mol. The van der Waals surface area contributed by atoms with E-state index in [0.29, 0.717) is 18.1 Å². The monoisotopic (exact) mass is 397 g/mol. The lowest BCUT2D eigenvalue weighted by molar-refractivity contribution is -0.0169. The number of aryl methyl sites for hydroxylation is 1. The van der Waals surface area contributed by atoms with E-state index in [9.17, 15) is 9.90 Å². The summed E-state index contributed by atoms with van der Waals surface area (Å²) >= 11 is 1.53. The predicted octanol–water partition coefficient (Wildman–Crippen LogP) is 4.41. The van der Waals surface area contributed by atoms with E-state index in [1.165, 1.54) is 11.8 Å². The number of hydrogen-bond acceptors (Lipinski definition) is 6. The van der Waals surface area contributed by atoms with E-state index in [0.717, 1.165) is 38.4 Å². The van der Waals surface area contributed by atoms with Crippen molar-refractivity contribution in [1.29, 1.82) is 0 Å². The van der Waals surface area contributed by atoms with Crippen molar-refractivity contribution in [2.24, 2.45) is 0 Å². The number of methoxy groups -OCH3 is 1. The van der Waals surface area contributed by atoms with Crippen molar-refractivity contribution in [1.82, 2.24) is 4.98 Å². The number of rotatable bonds is 5. The van der Waals surface area contributed by atoms with Gasteiger partial charge in [-0.2, -0.15) is 0 Å². The third-order valence-corrected chi connectivity index (χ3v) is 5.58. The summed E-state index contributed by atoms with van der Waals surface area (Å²) in [7, 11) is 1.63. The van der Waals surface area contributed by atoms with Gasteiger partial charge in [0, 0.05) is 22.3 Å². The Balaban J connectivity index is 1.68. The molecule has 4 rings (SSSR count). The van der Waals surface area contributed by atoms with Crippen molar-refractivity contribution >= 4 is 28.6 Å². The van der Waals surface area contributed by atoms with Crippen molar-refractivity contribution in [2.75, 3.05) is 13.9 Å². The van der Waals surface area contributed by atoms with E-state index in [2.05, 4.69) is 0 Å². The minimum Gasteiger partial charge on any atom is -0.494 e.